The van der Waals surface area contributed by atoms with Crippen molar-refractivity contribution in [2.75, 3.05) is 13.2 Å². The third-order valence-electron chi connectivity index (χ3n) is 3.81. The predicted octanol–water partition coefficient (Wildman–Crippen LogP) is 2.05. The van der Waals surface area contributed by atoms with Crippen LogP contribution in [0.2, 0.25) is 0 Å². The number of aromatic nitrogens is 1. The molecule has 1 saturated carbocycles. The first-order valence-electron chi connectivity index (χ1n) is 7.75. The maximum atomic E-state index is 12.6. The molecular weight excluding hydrogens is 298 g/mol. The molecule has 1 unspecified atom stereocenters. The summed E-state index contributed by atoms with van der Waals surface area (Å²) < 4.78 is 5.35. The van der Waals surface area contributed by atoms with Crippen LogP contribution in [0.5, 0.6) is 0 Å². The maximum absolute atomic E-state index is 12.6. The number of aliphatic carboxylic acids is 1. The molecule has 124 valence electrons. The zero-order valence-electron chi connectivity index (χ0n) is 13.2. The summed E-state index contributed by atoms with van der Waals surface area (Å²) in [5.74, 6) is -2.25. The molecule has 1 aliphatic carbocycles. The van der Waals surface area contributed by atoms with E-state index in [1.165, 1.54) is 6.20 Å². The number of pyridine rings is 1. The van der Waals surface area contributed by atoms with Gasteiger partial charge in [-0.2, -0.15) is 0 Å². The number of hydrogen-bond donors (Lipinski definition) is 1. The van der Waals surface area contributed by atoms with Crippen molar-refractivity contribution < 1.29 is 24.2 Å². The van der Waals surface area contributed by atoms with Crippen molar-refractivity contribution in [3.05, 3.63) is 29.6 Å². The molecule has 1 heterocycles. The quantitative estimate of drug-likeness (QED) is 0.524. The molecule has 6 nitrogen and oxygen atoms in total. The Morgan fingerprint density at radius 2 is 2.09 bits per heavy atom. The van der Waals surface area contributed by atoms with Crippen LogP contribution in [-0.2, 0) is 14.3 Å². The van der Waals surface area contributed by atoms with Crippen molar-refractivity contribution in [1.82, 2.24) is 4.98 Å². The summed E-state index contributed by atoms with van der Waals surface area (Å²) >= 11 is 0. The summed E-state index contributed by atoms with van der Waals surface area (Å²) in [6.45, 7) is 2.18. The second-order valence-corrected chi connectivity index (χ2v) is 6.03. The normalized spacial score (nSPS) is 15.2. The van der Waals surface area contributed by atoms with E-state index in [-0.39, 0.29) is 31.0 Å². The molecule has 0 bridgehead atoms. The molecule has 0 aromatic carbocycles. The van der Waals surface area contributed by atoms with E-state index in [0.717, 1.165) is 18.4 Å². The van der Waals surface area contributed by atoms with Gasteiger partial charge in [-0.15, -0.1) is 0 Å². The summed E-state index contributed by atoms with van der Waals surface area (Å²) in [6, 6.07) is 1.65. The van der Waals surface area contributed by atoms with E-state index < -0.39 is 11.9 Å². The molecule has 2 rings (SSSR count). The van der Waals surface area contributed by atoms with Crippen LogP contribution in [-0.4, -0.2) is 40.8 Å². The molecular formula is C17H21NO5. The van der Waals surface area contributed by atoms with Crippen LogP contribution in [0.25, 0.3) is 0 Å². The van der Waals surface area contributed by atoms with Gasteiger partial charge in [0.05, 0.1) is 5.92 Å². The summed E-state index contributed by atoms with van der Waals surface area (Å²) in [6.07, 6.45) is 5.00. The minimum Gasteiger partial charge on any atom is -0.481 e. The van der Waals surface area contributed by atoms with Crippen molar-refractivity contribution in [3.8, 4) is 0 Å². The van der Waals surface area contributed by atoms with Gasteiger partial charge in [0, 0.05) is 31.0 Å². The van der Waals surface area contributed by atoms with E-state index in [1.54, 1.807) is 19.2 Å². The molecule has 6 heteroatoms. The number of carboxylic acids is 1. The molecule has 1 aromatic rings. The Hall–Kier alpha value is -2.08. The van der Waals surface area contributed by atoms with Crippen molar-refractivity contribution in [1.29, 1.82) is 0 Å². The second kappa shape index (κ2) is 7.97. The summed E-state index contributed by atoms with van der Waals surface area (Å²) in [5, 5.41) is 8.83. The fraction of sp³-hybridized carbons (Fsp3) is 0.529. The fourth-order valence-electron chi connectivity index (χ4n) is 2.31. The van der Waals surface area contributed by atoms with E-state index in [4.69, 9.17) is 9.84 Å². The Bertz CT molecular complexity index is 594. The number of carbonyl (C=O) groups excluding carboxylic acids is 2. The van der Waals surface area contributed by atoms with E-state index in [0.29, 0.717) is 18.1 Å². The van der Waals surface area contributed by atoms with Crippen molar-refractivity contribution in [2.45, 2.75) is 32.6 Å². The van der Waals surface area contributed by atoms with Crippen LogP contribution in [0.15, 0.2) is 18.5 Å². The van der Waals surface area contributed by atoms with Crippen LogP contribution in [0.1, 0.15) is 41.6 Å². The van der Waals surface area contributed by atoms with E-state index in [9.17, 15) is 14.4 Å². The number of carboxylic acid groups (broad SMARTS) is 1. The highest BCUT2D eigenvalue weighted by Gasteiger charge is 2.29. The third-order valence-corrected chi connectivity index (χ3v) is 3.81. The molecule has 0 aliphatic heterocycles. The lowest BCUT2D eigenvalue weighted by molar-refractivity contribution is -0.137. The SMILES string of the molecule is Cc1cncc(C(=O)C(CCC(=O)O)C(=O)COCC2CC2)c1. The molecule has 1 aliphatic rings. The highest BCUT2D eigenvalue weighted by atomic mass is 16.5. The Labute approximate surface area is 134 Å². The Morgan fingerprint density at radius 3 is 2.70 bits per heavy atom. The van der Waals surface area contributed by atoms with Gasteiger partial charge in [-0.25, -0.2) is 0 Å². The van der Waals surface area contributed by atoms with Crippen LogP contribution in [0.3, 0.4) is 0 Å². The maximum Gasteiger partial charge on any atom is 0.303 e. The largest absolute Gasteiger partial charge is 0.481 e. The average Bonchev–Trinajstić information content (AvgIpc) is 3.31. The number of carbonyl (C=O) groups is 3. The summed E-state index contributed by atoms with van der Waals surface area (Å²) in [5.41, 5.74) is 1.14. The van der Waals surface area contributed by atoms with E-state index in [2.05, 4.69) is 4.98 Å². The fourth-order valence-corrected chi connectivity index (χ4v) is 2.31. The van der Waals surface area contributed by atoms with E-state index in [1.807, 2.05) is 0 Å². The molecule has 23 heavy (non-hydrogen) atoms. The highest BCUT2D eigenvalue weighted by Crippen LogP contribution is 2.28. The number of ketones is 2. The lowest BCUT2D eigenvalue weighted by Crippen LogP contribution is -2.29. The molecule has 0 amide bonds. The first-order chi connectivity index (χ1) is 11.0. The molecule has 0 radical (unpaired) electrons. The van der Waals surface area contributed by atoms with Gasteiger partial charge in [0.1, 0.15) is 6.61 Å². The molecule has 0 saturated heterocycles. The first-order valence-corrected chi connectivity index (χ1v) is 7.75. The molecule has 1 N–H and O–H groups in total. The topological polar surface area (TPSA) is 93.6 Å². The highest BCUT2D eigenvalue weighted by molar-refractivity contribution is 6.11. The lowest BCUT2D eigenvalue weighted by Gasteiger charge is -2.14. The number of rotatable bonds is 10. The zero-order valence-corrected chi connectivity index (χ0v) is 13.2. The molecule has 1 atom stereocenters. The predicted molar refractivity (Wildman–Crippen MR) is 82.2 cm³/mol. The average molecular weight is 319 g/mol. The van der Waals surface area contributed by atoms with Gasteiger partial charge in [0.15, 0.2) is 11.6 Å². The van der Waals surface area contributed by atoms with Crippen LogP contribution >= 0.6 is 0 Å². The first kappa shape index (κ1) is 17.3. The van der Waals surface area contributed by atoms with Crippen LogP contribution in [0.4, 0.5) is 0 Å². The van der Waals surface area contributed by atoms with Crippen molar-refractivity contribution >= 4 is 17.5 Å². The molecule has 1 fully saturated rings. The van der Waals surface area contributed by atoms with Gasteiger partial charge >= 0.3 is 5.97 Å². The standard InChI is InChI=1S/C17H21NO5/c1-11-6-13(8-18-7-11)17(22)14(4-5-16(20)21)15(19)10-23-9-12-2-3-12/h6-8,12,14H,2-5,9-10H2,1H3,(H,20,21). The number of Topliss-reactive ketones (excluding diaryl/α,β-unsaturated/α-hetero) is 2. The van der Waals surface area contributed by atoms with Gasteiger partial charge in [0.25, 0.3) is 0 Å². The monoisotopic (exact) mass is 319 g/mol. The zero-order chi connectivity index (χ0) is 16.8. The lowest BCUT2D eigenvalue weighted by atomic mass is 9.90. The minimum absolute atomic E-state index is 0.0201. The van der Waals surface area contributed by atoms with Crippen LogP contribution in [0, 0.1) is 18.8 Å². The Morgan fingerprint density at radius 1 is 1.35 bits per heavy atom. The summed E-state index contributed by atoms with van der Waals surface area (Å²) in [7, 11) is 0. The van der Waals surface area contributed by atoms with E-state index >= 15 is 0 Å². The number of ether oxygens (including phenoxy) is 1. The molecule has 0 spiro atoms. The van der Waals surface area contributed by atoms with Crippen LogP contribution < -0.4 is 0 Å². The Kier molecular flexibility index (Phi) is 5.98. The minimum atomic E-state index is -1.03. The number of aryl methyl sites for hydroxylation is 1. The van der Waals surface area contributed by atoms with Crippen molar-refractivity contribution in [2.24, 2.45) is 11.8 Å². The molecule has 1 aromatic heterocycles. The number of nitrogens with zero attached hydrogens (tertiary/aromatic N) is 1. The second-order valence-electron chi connectivity index (χ2n) is 6.03. The summed E-state index contributed by atoms with van der Waals surface area (Å²) in [4.78, 5) is 39.6. The van der Waals surface area contributed by atoms with Gasteiger partial charge in [0.2, 0.25) is 0 Å². The number of hydrogen-bond acceptors (Lipinski definition) is 5. The van der Waals surface area contributed by atoms with Gasteiger partial charge in [-0.05, 0) is 43.7 Å². The van der Waals surface area contributed by atoms with Gasteiger partial charge < -0.3 is 9.84 Å². The van der Waals surface area contributed by atoms with Gasteiger partial charge in [-0.3, -0.25) is 19.4 Å². The Balaban J connectivity index is 2.03. The van der Waals surface area contributed by atoms with Gasteiger partial charge in [-0.1, -0.05) is 0 Å². The van der Waals surface area contributed by atoms with Crippen molar-refractivity contribution in [3.63, 3.8) is 0 Å². The smallest absolute Gasteiger partial charge is 0.303 e. The third kappa shape index (κ3) is 5.56.